The van der Waals surface area contributed by atoms with Crippen molar-refractivity contribution in [3.63, 3.8) is 0 Å². The van der Waals surface area contributed by atoms with Crippen molar-refractivity contribution in [2.24, 2.45) is 23.7 Å². The summed E-state index contributed by atoms with van der Waals surface area (Å²) in [5.41, 5.74) is 2.66. The van der Waals surface area contributed by atoms with Crippen LogP contribution in [0.1, 0.15) is 69.9 Å². The number of amides is 1. The van der Waals surface area contributed by atoms with Gasteiger partial charge in [0.05, 0.1) is 0 Å². The summed E-state index contributed by atoms with van der Waals surface area (Å²) in [6.07, 6.45) is 5.97. The van der Waals surface area contributed by atoms with Gasteiger partial charge in [-0.05, 0) is 73.6 Å². The van der Waals surface area contributed by atoms with Crippen LogP contribution in [0, 0.1) is 23.7 Å². The number of hydrogen-bond acceptors (Lipinski definition) is 2. The first-order valence-corrected chi connectivity index (χ1v) is 10.6. The Hall–Kier alpha value is -1.35. The molecule has 0 unspecified atom stereocenters. The van der Waals surface area contributed by atoms with Crippen molar-refractivity contribution in [1.29, 1.82) is 0 Å². The number of carbonyl (C=O) groups is 1. The van der Waals surface area contributed by atoms with Crippen LogP contribution in [0.4, 0.5) is 0 Å². The van der Waals surface area contributed by atoms with Gasteiger partial charge in [0.1, 0.15) is 0 Å². The molecule has 1 aromatic rings. The highest BCUT2D eigenvalue weighted by Gasteiger charge is 2.35. The van der Waals surface area contributed by atoms with Gasteiger partial charge in [0.15, 0.2) is 0 Å². The molecule has 3 atom stereocenters. The zero-order valence-corrected chi connectivity index (χ0v) is 16.8. The Kier molecular flexibility index (Phi) is 6.74. The second-order valence-corrected chi connectivity index (χ2v) is 8.92. The predicted molar refractivity (Wildman–Crippen MR) is 108 cm³/mol. The Balaban J connectivity index is 1.54. The van der Waals surface area contributed by atoms with Crippen LogP contribution in [-0.2, 0) is 11.3 Å². The van der Waals surface area contributed by atoms with Crippen molar-refractivity contribution in [2.45, 2.75) is 65.3 Å². The quantitative estimate of drug-likeness (QED) is 0.817. The molecule has 0 radical (unpaired) electrons. The molecule has 1 aromatic carbocycles. The van der Waals surface area contributed by atoms with Gasteiger partial charge < -0.3 is 10.6 Å². The topological polar surface area (TPSA) is 41.1 Å². The van der Waals surface area contributed by atoms with Crippen LogP contribution in [0.5, 0.6) is 0 Å². The van der Waals surface area contributed by atoms with Gasteiger partial charge in [-0.1, -0.05) is 51.5 Å². The molecule has 1 saturated carbocycles. The molecule has 2 fully saturated rings. The SMILES string of the molecule is CC(C)[C@@H]1CC[C@@H](C)C[C@H]1C(=O)NCc1ccc(C2CCNCC2)cc1. The van der Waals surface area contributed by atoms with Gasteiger partial charge >= 0.3 is 0 Å². The molecule has 26 heavy (non-hydrogen) atoms. The van der Waals surface area contributed by atoms with Crippen molar-refractivity contribution >= 4 is 5.91 Å². The first kappa shape index (κ1) is 19.4. The lowest BCUT2D eigenvalue weighted by Gasteiger charge is -2.36. The summed E-state index contributed by atoms with van der Waals surface area (Å²) in [5, 5.41) is 6.65. The molecule has 1 heterocycles. The first-order chi connectivity index (χ1) is 12.5. The lowest BCUT2D eigenvalue weighted by atomic mass is 9.70. The zero-order valence-electron chi connectivity index (χ0n) is 16.8. The van der Waals surface area contributed by atoms with Gasteiger partial charge in [0.2, 0.25) is 5.91 Å². The molecule has 1 amide bonds. The Bertz CT molecular complexity index is 574. The van der Waals surface area contributed by atoms with Crippen molar-refractivity contribution in [2.75, 3.05) is 13.1 Å². The lowest BCUT2D eigenvalue weighted by molar-refractivity contribution is -0.129. The highest BCUT2D eigenvalue weighted by molar-refractivity contribution is 5.79. The third-order valence-electron chi connectivity index (χ3n) is 6.62. The molecule has 2 N–H and O–H groups in total. The number of carbonyl (C=O) groups excluding carboxylic acids is 1. The Morgan fingerprint density at radius 3 is 2.46 bits per heavy atom. The molecule has 144 valence electrons. The van der Waals surface area contributed by atoms with E-state index in [0.29, 0.717) is 30.2 Å². The van der Waals surface area contributed by atoms with Crippen molar-refractivity contribution in [3.05, 3.63) is 35.4 Å². The van der Waals surface area contributed by atoms with E-state index in [4.69, 9.17) is 0 Å². The molecular formula is C23H36N2O. The zero-order chi connectivity index (χ0) is 18.5. The first-order valence-electron chi connectivity index (χ1n) is 10.6. The van der Waals surface area contributed by atoms with Gasteiger partial charge in [-0.3, -0.25) is 4.79 Å². The molecular weight excluding hydrogens is 320 g/mol. The normalized spacial score (nSPS) is 27.5. The van der Waals surface area contributed by atoms with E-state index in [9.17, 15) is 4.79 Å². The van der Waals surface area contributed by atoms with E-state index in [2.05, 4.69) is 55.7 Å². The third kappa shape index (κ3) is 4.88. The highest BCUT2D eigenvalue weighted by atomic mass is 16.1. The van der Waals surface area contributed by atoms with Gasteiger partial charge in [0, 0.05) is 12.5 Å². The average Bonchev–Trinajstić information content (AvgIpc) is 2.67. The fourth-order valence-electron chi connectivity index (χ4n) is 4.89. The van der Waals surface area contributed by atoms with Gasteiger partial charge in [-0.15, -0.1) is 0 Å². The maximum Gasteiger partial charge on any atom is 0.223 e. The fraction of sp³-hybridized carbons (Fsp3) is 0.696. The van der Waals surface area contributed by atoms with Crippen LogP contribution in [0.25, 0.3) is 0 Å². The highest BCUT2D eigenvalue weighted by Crippen LogP contribution is 2.38. The smallest absolute Gasteiger partial charge is 0.223 e. The Morgan fingerprint density at radius 1 is 1.12 bits per heavy atom. The summed E-state index contributed by atoms with van der Waals surface area (Å²) in [6.45, 7) is 9.72. The maximum absolute atomic E-state index is 12.8. The average molecular weight is 357 g/mol. The summed E-state index contributed by atoms with van der Waals surface area (Å²) in [6, 6.07) is 8.91. The largest absolute Gasteiger partial charge is 0.352 e. The second kappa shape index (κ2) is 9.03. The van der Waals surface area contributed by atoms with Crippen LogP contribution in [0.2, 0.25) is 0 Å². The molecule has 0 bridgehead atoms. The van der Waals surface area contributed by atoms with Gasteiger partial charge in [-0.25, -0.2) is 0 Å². The Morgan fingerprint density at radius 2 is 1.81 bits per heavy atom. The number of benzene rings is 1. The monoisotopic (exact) mass is 356 g/mol. The Labute approximate surface area is 159 Å². The number of rotatable bonds is 5. The van der Waals surface area contributed by atoms with E-state index in [1.54, 1.807) is 0 Å². The van der Waals surface area contributed by atoms with E-state index in [1.165, 1.54) is 36.8 Å². The fourth-order valence-corrected chi connectivity index (χ4v) is 4.89. The van der Waals surface area contributed by atoms with Crippen LogP contribution in [0.3, 0.4) is 0 Å². The van der Waals surface area contributed by atoms with Crippen LogP contribution in [0.15, 0.2) is 24.3 Å². The van der Waals surface area contributed by atoms with Crippen LogP contribution < -0.4 is 10.6 Å². The minimum absolute atomic E-state index is 0.188. The predicted octanol–water partition coefficient (Wildman–Crippen LogP) is 4.48. The standard InChI is InChI=1S/C23H36N2O/c1-16(2)21-9-4-17(3)14-22(21)23(26)25-15-18-5-7-19(8-6-18)20-10-12-24-13-11-20/h5-8,16-17,20-22,24H,4,9-15H2,1-3H3,(H,25,26)/t17-,21+,22-/m1/s1. The van der Waals surface area contributed by atoms with E-state index < -0.39 is 0 Å². The van der Waals surface area contributed by atoms with E-state index in [1.807, 2.05) is 0 Å². The van der Waals surface area contributed by atoms with E-state index in [0.717, 1.165) is 19.5 Å². The second-order valence-electron chi connectivity index (χ2n) is 8.92. The molecule has 0 aromatic heterocycles. The molecule has 2 aliphatic rings. The third-order valence-corrected chi connectivity index (χ3v) is 6.62. The van der Waals surface area contributed by atoms with Crippen LogP contribution >= 0.6 is 0 Å². The van der Waals surface area contributed by atoms with Crippen LogP contribution in [-0.4, -0.2) is 19.0 Å². The molecule has 3 rings (SSSR count). The van der Waals surface area contributed by atoms with E-state index in [-0.39, 0.29) is 11.8 Å². The molecule has 1 aliphatic heterocycles. The summed E-state index contributed by atoms with van der Waals surface area (Å²) in [4.78, 5) is 12.8. The molecule has 0 spiro atoms. The van der Waals surface area contributed by atoms with Gasteiger partial charge in [-0.2, -0.15) is 0 Å². The molecule has 1 saturated heterocycles. The summed E-state index contributed by atoms with van der Waals surface area (Å²) in [5.74, 6) is 2.93. The minimum Gasteiger partial charge on any atom is -0.352 e. The van der Waals surface area contributed by atoms with Gasteiger partial charge in [0.25, 0.3) is 0 Å². The lowest BCUT2D eigenvalue weighted by Crippen LogP contribution is -2.39. The van der Waals surface area contributed by atoms with E-state index >= 15 is 0 Å². The number of hydrogen-bond donors (Lipinski definition) is 2. The molecule has 3 nitrogen and oxygen atoms in total. The molecule has 3 heteroatoms. The van der Waals surface area contributed by atoms with Crippen molar-refractivity contribution in [1.82, 2.24) is 10.6 Å². The maximum atomic E-state index is 12.8. The van der Waals surface area contributed by atoms with Crippen molar-refractivity contribution in [3.8, 4) is 0 Å². The van der Waals surface area contributed by atoms with Crippen molar-refractivity contribution < 1.29 is 4.79 Å². The molecule has 1 aliphatic carbocycles. The minimum atomic E-state index is 0.188. The summed E-state index contributed by atoms with van der Waals surface area (Å²) in [7, 11) is 0. The number of nitrogens with one attached hydrogen (secondary N) is 2. The number of piperidine rings is 1. The summed E-state index contributed by atoms with van der Waals surface area (Å²) < 4.78 is 0. The summed E-state index contributed by atoms with van der Waals surface area (Å²) >= 11 is 0.